The van der Waals surface area contributed by atoms with Crippen LogP contribution in [0.15, 0.2) is 41.3 Å². The number of thioether (sulfide) groups is 1. The lowest BCUT2D eigenvalue weighted by atomic mass is 10.1. The summed E-state index contributed by atoms with van der Waals surface area (Å²) in [5.74, 6) is 2.22. The molecule has 170 valence electrons. The Labute approximate surface area is 202 Å². The van der Waals surface area contributed by atoms with E-state index in [1.807, 2.05) is 31.2 Å². The highest BCUT2D eigenvalue weighted by atomic mass is 35.5. The third-order valence-electron chi connectivity index (χ3n) is 4.48. The quantitative estimate of drug-likeness (QED) is 0.248. The van der Waals surface area contributed by atoms with Crippen LogP contribution in [-0.2, 0) is 4.79 Å². The third kappa shape index (κ3) is 5.88. The average Bonchev–Trinajstić information content (AvgIpc) is 3.02. The van der Waals surface area contributed by atoms with E-state index in [1.165, 1.54) is 16.7 Å². The van der Waals surface area contributed by atoms with Crippen LogP contribution in [-0.4, -0.2) is 49.1 Å². The molecule has 1 fully saturated rings. The number of rotatable bonds is 10. The maximum Gasteiger partial charge on any atom is 0.265 e. The molecule has 1 heterocycles. The van der Waals surface area contributed by atoms with Crippen LogP contribution in [0.3, 0.4) is 0 Å². The Morgan fingerprint density at radius 1 is 1.09 bits per heavy atom. The number of ether oxygens (including phenoxy) is 4. The van der Waals surface area contributed by atoms with Crippen molar-refractivity contribution in [1.82, 2.24) is 4.90 Å². The van der Waals surface area contributed by atoms with E-state index < -0.39 is 0 Å². The fourth-order valence-corrected chi connectivity index (χ4v) is 4.38. The molecule has 3 rings (SSSR count). The van der Waals surface area contributed by atoms with Gasteiger partial charge in [0, 0.05) is 13.5 Å². The summed E-state index contributed by atoms with van der Waals surface area (Å²) in [7, 11) is 3.27. The van der Waals surface area contributed by atoms with E-state index in [1.54, 1.807) is 32.4 Å². The highest BCUT2D eigenvalue weighted by molar-refractivity contribution is 8.26. The SMILES string of the molecule is CCOc1cc(/C=C2/SC(=S)N(C)C2=O)cc(Cl)c1OCCCOc1ccccc1OC. The van der Waals surface area contributed by atoms with Crippen LogP contribution in [0, 0.1) is 0 Å². The van der Waals surface area contributed by atoms with Gasteiger partial charge in [0.05, 0.1) is 36.9 Å². The van der Waals surface area contributed by atoms with Gasteiger partial charge < -0.3 is 18.9 Å². The van der Waals surface area contributed by atoms with Crippen LogP contribution in [0.4, 0.5) is 0 Å². The molecule has 9 heteroatoms. The summed E-state index contributed by atoms with van der Waals surface area (Å²) in [6.45, 7) is 3.18. The van der Waals surface area contributed by atoms with Crippen LogP contribution in [0.5, 0.6) is 23.0 Å². The molecule has 1 saturated heterocycles. The highest BCUT2D eigenvalue weighted by Crippen LogP contribution is 2.39. The van der Waals surface area contributed by atoms with E-state index in [2.05, 4.69) is 0 Å². The largest absolute Gasteiger partial charge is 0.493 e. The van der Waals surface area contributed by atoms with Crippen LogP contribution >= 0.6 is 35.6 Å². The zero-order valence-electron chi connectivity index (χ0n) is 18.1. The van der Waals surface area contributed by atoms with Gasteiger partial charge in [-0.2, -0.15) is 0 Å². The van der Waals surface area contributed by atoms with Gasteiger partial charge in [-0.15, -0.1) is 0 Å². The summed E-state index contributed by atoms with van der Waals surface area (Å²) in [6, 6.07) is 11.0. The van der Waals surface area contributed by atoms with E-state index in [4.69, 9.17) is 42.8 Å². The van der Waals surface area contributed by atoms with E-state index >= 15 is 0 Å². The van der Waals surface area contributed by atoms with Crippen molar-refractivity contribution in [1.29, 1.82) is 0 Å². The fraction of sp³-hybridized carbons (Fsp3) is 0.304. The lowest BCUT2D eigenvalue weighted by Gasteiger charge is -2.15. The molecule has 0 aliphatic carbocycles. The molecule has 2 aromatic carbocycles. The van der Waals surface area contributed by atoms with Crippen LogP contribution in [0.2, 0.25) is 5.02 Å². The van der Waals surface area contributed by atoms with E-state index in [9.17, 15) is 4.79 Å². The van der Waals surface area contributed by atoms with Crippen molar-refractivity contribution >= 4 is 51.9 Å². The van der Waals surface area contributed by atoms with Crippen molar-refractivity contribution < 1.29 is 23.7 Å². The number of hydrogen-bond acceptors (Lipinski definition) is 7. The monoisotopic (exact) mass is 493 g/mol. The van der Waals surface area contributed by atoms with Gasteiger partial charge in [-0.3, -0.25) is 9.69 Å². The minimum Gasteiger partial charge on any atom is -0.493 e. The Morgan fingerprint density at radius 3 is 2.47 bits per heavy atom. The number of halogens is 1. The van der Waals surface area contributed by atoms with Crippen LogP contribution in [0.25, 0.3) is 6.08 Å². The maximum atomic E-state index is 12.3. The van der Waals surface area contributed by atoms with Gasteiger partial charge in [0.15, 0.2) is 23.0 Å². The summed E-state index contributed by atoms with van der Waals surface area (Å²) in [6.07, 6.45) is 2.39. The summed E-state index contributed by atoms with van der Waals surface area (Å²) < 4.78 is 23.2. The smallest absolute Gasteiger partial charge is 0.265 e. The molecule has 1 amide bonds. The Bertz CT molecular complexity index is 1030. The van der Waals surface area contributed by atoms with Gasteiger partial charge in [0.1, 0.15) is 4.32 Å². The number of hydrogen-bond donors (Lipinski definition) is 0. The lowest BCUT2D eigenvalue weighted by Crippen LogP contribution is -2.22. The number of amides is 1. The van der Waals surface area contributed by atoms with Crippen LogP contribution in [0.1, 0.15) is 18.9 Å². The molecule has 0 saturated carbocycles. The Morgan fingerprint density at radius 2 is 1.81 bits per heavy atom. The number of thiocarbonyl (C=S) groups is 1. The molecule has 1 aliphatic heterocycles. The lowest BCUT2D eigenvalue weighted by molar-refractivity contribution is -0.121. The van der Waals surface area contributed by atoms with Gasteiger partial charge in [0.25, 0.3) is 5.91 Å². The topological polar surface area (TPSA) is 57.2 Å². The number of benzene rings is 2. The zero-order valence-corrected chi connectivity index (χ0v) is 20.4. The Kier molecular flexibility index (Phi) is 8.67. The molecular formula is C23H24ClNO5S2. The Hall–Kier alpha value is -2.42. The van der Waals surface area contributed by atoms with E-state index in [0.717, 1.165) is 5.56 Å². The first kappa shape index (κ1) is 24.2. The van der Waals surface area contributed by atoms with Crippen LogP contribution < -0.4 is 18.9 Å². The molecule has 32 heavy (non-hydrogen) atoms. The molecule has 0 N–H and O–H groups in total. The molecule has 0 bridgehead atoms. The van der Waals surface area contributed by atoms with Crippen molar-refractivity contribution in [3.8, 4) is 23.0 Å². The zero-order chi connectivity index (χ0) is 23.1. The summed E-state index contributed by atoms with van der Waals surface area (Å²) in [5, 5.41) is 0.403. The molecule has 0 aromatic heterocycles. The predicted molar refractivity (Wildman–Crippen MR) is 132 cm³/mol. The number of carbonyl (C=O) groups is 1. The molecule has 2 aromatic rings. The second-order valence-electron chi connectivity index (χ2n) is 6.71. The predicted octanol–water partition coefficient (Wildman–Crippen LogP) is 5.43. The standard InChI is InChI=1S/C23H24ClNO5S2/c1-4-28-19-13-15(14-20-22(26)25(2)23(31)32-20)12-16(24)21(19)30-11-7-10-29-18-9-6-5-8-17(18)27-3/h5-6,8-9,12-14H,4,7,10-11H2,1-3H3/b20-14+. The third-order valence-corrected chi connectivity index (χ3v) is 6.24. The molecule has 1 aliphatic rings. The number of nitrogens with zero attached hydrogens (tertiary/aromatic N) is 1. The molecule has 0 atom stereocenters. The van der Waals surface area contributed by atoms with E-state index in [-0.39, 0.29) is 5.91 Å². The van der Waals surface area contributed by atoms with Crippen molar-refractivity contribution in [2.75, 3.05) is 34.0 Å². The normalized spacial score (nSPS) is 14.8. The molecular weight excluding hydrogens is 470 g/mol. The van der Waals surface area contributed by atoms with Gasteiger partial charge >= 0.3 is 0 Å². The first-order valence-corrected chi connectivity index (χ1v) is 11.6. The molecule has 0 spiro atoms. The Balaban J connectivity index is 1.65. The van der Waals surface area contributed by atoms with Crippen molar-refractivity contribution in [2.45, 2.75) is 13.3 Å². The first-order chi connectivity index (χ1) is 15.4. The van der Waals surface area contributed by atoms with Gasteiger partial charge in [-0.25, -0.2) is 0 Å². The maximum absolute atomic E-state index is 12.3. The van der Waals surface area contributed by atoms with Crippen molar-refractivity contribution in [2.24, 2.45) is 0 Å². The average molecular weight is 494 g/mol. The first-order valence-electron chi connectivity index (χ1n) is 10.0. The molecule has 6 nitrogen and oxygen atoms in total. The van der Waals surface area contributed by atoms with Gasteiger partial charge in [0.2, 0.25) is 0 Å². The number of para-hydroxylation sites is 2. The van der Waals surface area contributed by atoms with Crippen molar-refractivity contribution in [3.63, 3.8) is 0 Å². The molecule has 0 radical (unpaired) electrons. The highest BCUT2D eigenvalue weighted by Gasteiger charge is 2.28. The number of methoxy groups -OCH3 is 1. The minimum absolute atomic E-state index is 0.135. The number of likely N-dealkylation sites (N-methyl/N-ethyl adjacent to an activating group) is 1. The summed E-state index contributed by atoms with van der Waals surface area (Å²) in [5.41, 5.74) is 0.735. The summed E-state index contributed by atoms with van der Waals surface area (Å²) >= 11 is 12.9. The minimum atomic E-state index is -0.135. The fourth-order valence-electron chi connectivity index (χ4n) is 2.92. The van der Waals surface area contributed by atoms with E-state index in [0.29, 0.717) is 63.5 Å². The second-order valence-corrected chi connectivity index (χ2v) is 8.79. The summed E-state index contributed by atoms with van der Waals surface area (Å²) in [4.78, 5) is 14.3. The van der Waals surface area contributed by atoms with Gasteiger partial charge in [-0.05, 0) is 42.8 Å². The molecule has 0 unspecified atom stereocenters. The second kappa shape index (κ2) is 11.4. The number of carbonyl (C=O) groups excluding carboxylic acids is 1. The van der Waals surface area contributed by atoms with Crippen molar-refractivity contribution in [3.05, 3.63) is 51.9 Å². The van der Waals surface area contributed by atoms with Gasteiger partial charge in [-0.1, -0.05) is 47.7 Å².